The molecule has 72 valence electrons. The molecule has 0 aliphatic heterocycles. The molecule has 1 rings (SSSR count). The molecule has 4 heteroatoms. The molecule has 0 radical (unpaired) electrons. The van der Waals surface area contributed by atoms with Crippen molar-refractivity contribution in [3.63, 3.8) is 0 Å². The zero-order chi connectivity index (χ0) is 10.0. The molecule has 13 heavy (non-hydrogen) atoms. The molecule has 0 aliphatic rings. The van der Waals surface area contributed by atoms with Gasteiger partial charge in [0.15, 0.2) is 0 Å². The third-order valence-corrected chi connectivity index (χ3v) is 3.22. The van der Waals surface area contributed by atoms with Crippen LogP contribution in [0.2, 0.25) is 5.02 Å². The lowest BCUT2D eigenvalue weighted by atomic mass is 10.0. The van der Waals surface area contributed by atoms with Crippen molar-refractivity contribution in [2.24, 2.45) is 5.73 Å². The van der Waals surface area contributed by atoms with Crippen LogP contribution in [-0.4, -0.2) is 6.54 Å². The van der Waals surface area contributed by atoms with Gasteiger partial charge >= 0.3 is 0 Å². The minimum atomic E-state index is -0.300. The minimum absolute atomic E-state index is 0.0648. The van der Waals surface area contributed by atoms with E-state index in [1.165, 1.54) is 6.07 Å². The maximum Gasteiger partial charge on any atom is 0.128 e. The van der Waals surface area contributed by atoms with Crippen molar-refractivity contribution in [1.82, 2.24) is 0 Å². The Morgan fingerprint density at radius 3 is 2.77 bits per heavy atom. The molecule has 0 amide bonds. The molecular formula is C9H10BrClFN. The van der Waals surface area contributed by atoms with Crippen LogP contribution in [0.3, 0.4) is 0 Å². The van der Waals surface area contributed by atoms with E-state index in [0.29, 0.717) is 21.6 Å². The van der Waals surface area contributed by atoms with E-state index < -0.39 is 0 Å². The highest BCUT2D eigenvalue weighted by Gasteiger charge is 2.15. The molecule has 0 heterocycles. The van der Waals surface area contributed by atoms with Crippen LogP contribution in [-0.2, 0) is 0 Å². The molecule has 0 spiro atoms. The lowest BCUT2D eigenvalue weighted by molar-refractivity contribution is 0.590. The lowest BCUT2D eigenvalue weighted by Crippen LogP contribution is -2.11. The zero-order valence-electron chi connectivity index (χ0n) is 7.15. The second-order valence-corrected chi connectivity index (χ2v) is 4.13. The van der Waals surface area contributed by atoms with Crippen LogP contribution in [0.4, 0.5) is 4.39 Å². The van der Waals surface area contributed by atoms with Crippen LogP contribution in [0.5, 0.6) is 0 Å². The number of hydrogen-bond donors (Lipinski definition) is 1. The van der Waals surface area contributed by atoms with Gasteiger partial charge in [-0.3, -0.25) is 0 Å². The van der Waals surface area contributed by atoms with Gasteiger partial charge in [-0.1, -0.05) is 18.5 Å². The van der Waals surface area contributed by atoms with Gasteiger partial charge in [-0.2, -0.15) is 0 Å². The highest BCUT2D eigenvalue weighted by atomic mass is 79.9. The van der Waals surface area contributed by atoms with Crippen molar-refractivity contribution in [2.75, 3.05) is 6.54 Å². The highest BCUT2D eigenvalue weighted by molar-refractivity contribution is 9.10. The molecule has 0 aromatic heterocycles. The Balaban J connectivity index is 3.25. The second-order valence-electron chi connectivity index (χ2n) is 2.89. The molecule has 0 fully saturated rings. The maximum absolute atomic E-state index is 13.3. The summed E-state index contributed by atoms with van der Waals surface area (Å²) in [5.74, 6) is -0.365. The van der Waals surface area contributed by atoms with Crippen LogP contribution in [0.25, 0.3) is 0 Å². The molecule has 1 aromatic rings. The highest BCUT2D eigenvalue weighted by Crippen LogP contribution is 2.32. The summed E-state index contributed by atoms with van der Waals surface area (Å²) >= 11 is 9.17. The van der Waals surface area contributed by atoms with Crippen molar-refractivity contribution in [2.45, 2.75) is 12.8 Å². The minimum Gasteiger partial charge on any atom is -0.330 e. The predicted molar refractivity (Wildman–Crippen MR) is 56.6 cm³/mol. The fourth-order valence-electron chi connectivity index (χ4n) is 1.11. The number of nitrogens with two attached hydrogens (primary N) is 1. The van der Waals surface area contributed by atoms with Crippen LogP contribution < -0.4 is 5.73 Å². The van der Waals surface area contributed by atoms with Crippen LogP contribution >= 0.6 is 27.5 Å². The van der Waals surface area contributed by atoms with Gasteiger partial charge in [0.25, 0.3) is 0 Å². The number of rotatable bonds is 2. The fourth-order valence-corrected chi connectivity index (χ4v) is 1.80. The third kappa shape index (κ3) is 2.22. The van der Waals surface area contributed by atoms with E-state index >= 15 is 0 Å². The average molecular weight is 267 g/mol. The van der Waals surface area contributed by atoms with Crippen molar-refractivity contribution in [1.29, 1.82) is 0 Å². The summed E-state index contributed by atoms with van der Waals surface area (Å²) in [6, 6.07) is 2.97. The smallest absolute Gasteiger partial charge is 0.128 e. The molecule has 0 saturated carbocycles. The number of benzene rings is 1. The van der Waals surface area contributed by atoms with Gasteiger partial charge in [0.05, 0.1) is 5.02 Å². The second kappa shape index (κ2) is 4.40. The summed E-state index contributed by atoms with van der Waals surface area (Å²) in [7, 11) is 0. The Labute approximate surface area is 90.2 Å². The first kappa shape index (κ1) is 11.0. The normalized spacial score (nSPS) is 13.0. The molecule has 0 aliphatic carbocycles. The van der Waals surface area contributed by atoms with Gasteiger partial charge < -0.3 is 5.73 Å². The molecular weight excluding hydrogens is 256 g/mol. The largest absolute Gasteiger partial charge is 0.330 e. The van der Waals surface area contributed by atoms with Gasteiger partial charge in [0, 0.05) is 10.0 Å². The summed E-state index contributed by atoms with van der Waals surface area (Å²) in [6.45, 7) is 2.23. The SMILES string of the molecule is CC(CN)c1c(F)ccc(Br)c1Cl. The van der Waals surface area contributed by atoms with E-state index in [9.17, 15) is 4.39 Å². The average Bonchev–Trinajstić information content (AvgIpc) is 2.12. The summed E-state index contributed by atoms with van der Waals surface area (Å²) in [5, 5.41) is 0.415. The topological polar surface area (TPSA) is 26.0 Å². The van der Waals surface area contributed by atoms with E-state index in [4.69, 9.17) is 17.3 Å². The lowest BCUT2D eigenvalue weighted by Gasteiger charge is -2.12. The van der Waals surface area contributed by atoms with Crippen molar-refractivity contribution >= 4 is 27.5 Å². The monoisotopic (exact) mass is 265 g/mol. The fraction of sp³-hybridized carbons (Fsp3) is 0.333. The predicted octanol–water partition coefficient (Wildman–Crippen LogP) is 3.30. The van der Waals surface area contributed by atoms with Crippen LogP contribution in [0, 0.1) is 5.82 Å². The van der Waals surface area contributed by atoms with Crippen molar-refractivity contribution in [3.05, 3.63) is 33.0 Å². The number of halogens is 3. The first-order valence-electron chi connectivity index (χ1n) is 3.91. The zero-order valence-corrected chi connectivity index (χ0v) is 9.49. The molecule has 1 atom stereocenters. The number of hydrogen-bond acceptors (Lipinski definition) is 1. The Kier molecular flexibility index (Phi) is 3.71. The van der Waals surface area contributed by atoms with Gasteiger partial charge in [0.2, 0.25) is 0 Å². The first-order chi connectivity index (χ1) is 6.07. The Morgan fingerprint density at radius 1 is 1.62 bits per heavy atom. The molecule has 1 nitrogen and oxygen atoms in total. The van der Waals surface area contributed by atoms with Gasteiger partial charge in [-0.15, -0.1) is 0 Å². The van der Waals surface area contributed by atoms with E-state index in [1.807, 2.05) is 6.92 Å². The van der Waals surface area contributed by atoms with Crippen LogP contribution in [0.1, 0.15) is 18.4 Å². The van der Waals surface area contributed by atoms with E-state index in [0.717, 1.165) is 0 Å². The standard InChI is InChI=1S/C9H10BrClFN/c1-5(4-13)8-7(12)3-2-6(10)9(8)11/h2-3,5H,4,13H2,1H3. The summed E-state index contributed by atoms with van der Waals surface area (Å²) in [6.07, 6.45) is 0. The van der Waals surface area contributed by atoms with Crippen molar-refractivity contribution in [3.8, 4) is 0 Å². The summed E-state index contributed by atoms with van der Waals surface area (Å²) in [4.78, 5) is 0. The van der Waals surface area contributed by atoms with Gasteiger partial charge in [-0.05, 0) is 40.5 Å². The van der Waals surface area contributed by atoms with E-state index in [2.05, 4.69) is 15.9 Å². The molecule has 2 N–H and O–H groups in total. The first-order valence-corrected chi connectivity index (χ1v) is 5.08. The van der Waals surface area contributed by atoms with Gasteiger partial charge in [-0.25, -0.2) is 4.39 Å². The van der Waals surface area contributed by atoms with Gasteiger partial charge in [0.1, 0.15) is 5.82 Å². The summed E-state index contributed by atoms with van der Waals surface area (Å²) < 4.78 is 14.0. The Bertz CT molecular complexity index is 317. The molecule has 1 unspecified atom stereocenters. The van der Waals surface area contributed by atoms with Crippen molar-refractivity contribution < 1.29 is 4.39 Å². The van der Waals surface area contributed by atoms with E-state index in [-0.39, 0.29) is 11.7 Å². The third-order valence-electron chi connectivity index (χ3n) is 1.93. The molecule has 1 aromatic carbocycles. The Morgan fingerprint density at radius 2 is 2.23 bits per heavy atom. The quantitative estimate of drug-likeness (QED) is 0.817. The Hall–Kier alpha value is -0.120. The summed E-state index contributed by atoms with van der Waals surface area (Å²) in [5.41, 5.74) is 5.94. The van der Waals surface area contributed by atoms with Crippen LogP contribution in [0.15, 0.2) is 16.6 Å². The molecule has 0 bridgehead atoms. The van der Waals surface area contributed by atoms with E-state index in [1.54, 1.807) is 6.07 Å². The molecule has 0 saturated heterocycles. The maximum atomic E-state index is 13.3.